The Balaban J connectivity index is 2.29. The van der Waals surface area contributed by atoms with Gasteiger partial charge in [0.05, 0.1) is 11.4 Å². The zero-order valence-electron chi connectivity index (χ0n) is 12.0. The van der Waals surface area contributed by atoms with Crippen molar-refractivity contribution in [3.05, 3.63) is 41.2 Å². The predicted molar refractivity (Wildman–Crippen MR) is 74.8 cm³/mol. The van der Waals surface area contributed by atoms with Crippen molar-refractivity contribution < 1.29 is 0 Å². The van der Waals surface area contributed by atoms with Crippen molar-refractivity contribution in [1.29, 1.82) is 0 Å². The number of imidazole rings is 1. The van der Waals surface area contributed by atoms with Crippen molar-refractivity contribution >= 4 is 0 Å². The Morgan fingerprint density at radius 2 is 2.11 bits per heavy atom. The third kappa shape index (κ3) is 3.17. The summed E-state index contributed by atoms with van der Waals surface area (Å²) in [4.78, 5) is 4.40. The topological polar surface area (TPSA) is 55.6 Å². The van der Waals surface area contributed by atoms with Gasteiger partial charge in [0, 0.05) is 31.9 Å². The lowest BCUT2D eigenvalue weighted by molar-refractivity contribution is 0.522. The lowest BCUT2D eigenvalue weighted by atomic mass is 10.0. The highest BCUT2D eigenvalue weighted by Crippen LogP contribution is 2.20. The maximum Gasteiger partial charge on any atom is 0.110 e. The molecule has 0 spiro atoms. The molecule has 1 unspecified atom stereocenters. The predicted octanol–water partition coefficient (Wildman–Crippen LogP) is 1.72. The van der Waals surface area contributed by atoms with Gasteiger partial charge in [-0.3, -0.25) is 0 Å². The van der Waals surface area contributed by atoms with E-state index in [4.69, 9.17) is 0 Å². The largest absolute Gasteiger partial charge is 0.338 e. The first-order valence-corrected chi connectivity index (χ1v) is 6.62. The van der Waals surface area contributed by atoms with Gasteiger partial charge < -0.3 is 9.88 Å². The molecule has 0 saturated heterocycles. The van der Waals surface area contributed by atoms with Gasteiger partial charge in [-0.2, -0.15) is 10.2 Å². The highest BCUT2D eigenvalue weighted by molar-refractivity contribution is 5.24. The van der Waals surface area contributed by atoms with E-state index >= 15 is 0 Å². The molecule has 0 aromatic carbocycles. The lowest BCUT2D eigenvalue weighted by Gasteiger charge is -2.19. The van der Waals surface area contributed by atoms with E-state index in [2.05, 4.69) is 38.1 Å². The molecule has 19 heavy (non-hydrogen) atoms. The number of aromatic nitrogens is 4. The van der Waals surface area contributed by atoms with Crippen molar-refractivity contribution in [3.8, 4) is 0 Å². The second-order valence-electron chi connectivity index (χ2n) is 4.80. The Kier molecular flexibility index (Phi) is 4.27. The van der Waals surface area contributed by atoms with Gasteiger partial charge in [-0.15, -0.1) is 0 Å². The number of likely N-dealkylation sites (N-methyl/N-ethyl adjacent to an activating group) is 1. The SMILES string of the molecule is CCNC(Cc1nccn1C)c1cc(C)nnc1C. The molecule has 1 N–H and O–H groups in total. The highest BCUT2D eigenvalue weighted by atomic mass is 15.1. The Hall–Kier alpha value is -1.75. The summed E-state index contributed by atoms with van der Waals surface area (Å²) < 4.78 is 2.06. The Labute approximate surface area is 114 Å². The van der Waals surface area contributed by atoms with Crippen LogP contribution in [0.2, 0.25) is 0 Å². The monoisotopic (exact) mass is 259 g/mol. The average molecular weight is 259 g/mol. The van der Waals surface area contributed by atoms with E-state index in [1.54, 1.807) is 0 Å². The summed E-state index contributed by atoms with van der Waals surface area (Å²) in [6.45, 7) is 7.00. The van der Waals surface area contributed by atoms with Crippen molar-refractivity contribution in [2.45, 2.75) is 33.2 Å². The smallest absolute Gasteiger partial charge is 0.110 e. The second-order valence-corrected chi connectivity index (χ2v) is 4.80. The van der Waals surface area contributed by atoms with Gasteiger partial charge in [-0.05, 0) is 32.0 Å². The molecular formula is C14H21N5. The quantitative estimate of drug-likeness (QED) is 0.888. The number of nitrogens with one attached hydrogen (secondary N) is 1. The molecule has 2 aromatic heterocycles. The summed E-state index contributed by atoms with van der Waals surface area (Å²) in [6.07, 6.45) is 4.66. The van der Waals surface area contributed by atoms with Crippen LogP contribution in [-0.4, -0.2) is 26.3 Å². The van der Waals surface area contributed by atoms with E-state index in [0.29, 0.717) is 0 Å². The Bertz CT molecular complexity index is 547. The van der Waals surface area contributed by atoms with E-state index in [1.807, 2.05) is 33.3 Å². The molecule has 0 aliphatic heterocycles. The third-order valence-corrected chi connectivity index (χ3v) is 3.27. The molecule has 0 aliphatic rings. The van der Waals surface area contributed by atoms with E-state index in [-0.39, 0.29) is 6.04 Å². The first kappa shape index (κ1) is 13.7. The molecule has 5 heteroatoms. The summed E-state index contributed by atoms with van der Waals surface area (Å²) >= 11 is 0. The van der Waals surface area contributed by atoms with Crippen LogP contribution in [0.1, 0.15) is 35.7 Å². The third-order valence-electron chi connectivity index (χ3n) is 3.27. The zero-order valence-corrected chi connectivity index (χ0v) is 12.0. The zero-order chi connectivity index (χ0) is 13.8. The molecule has 0 bridgehead atoms. The molecule has 1 atom stereocenters. The molecule has 0 aliphatic carbocycles. The molecule has 0 amide bonds. The molecule has 5 nitrogen and oxygen atoms in total. The first-order valence-electron chi connectivity index (χ1n) is 6.62. The fraction of sp³-hybridized carbons (Fsp3) is 0.500. The minimum absolute atomic E-state index is 0.223. The summed E-state index contributed by atoms with van der Waals surface area (Å²) in [7, 11) is 2.02. The van der Waals surface area contributed by atoms with Crippen LogP contribution in [0.5, 0.6) is 0 Å². The van der Waals surface area contributed by atoms with Crippen molar-refractivity contribution in [2.75, 3.05) is 6.54 Å². The van der Waals surface area contributed by atoms with E-state index in [1.165, 1.54) is 5.56 Å². The van der Waals surface area contributed by atoms with Gasteiger partial charge in [0.2, 0.25) is 0 Å². The Morgan fingerprint density at radius 3 is 2.74 bits per heavy atom. The van der Waals surface area contributed by atoms with Gasteiger partial charge in [0.15, 0.2) is 0 Å². The van der Waals surface area contributed by atoms with Crippen LogP contribution in [0.15, 0.2) is 18.5 Å². The van der Waals surface area contributed by atoms with E-state index in [0.717, 1.165) is 30.2 Å². The normalized spacial score (nSPS) is 12.6. The summed E-state index contributed by atoms with van der Waals surface area (Å²) in [5.41, 5.74) is 3.13. The van der Waals surface area contributed by atoms with Gasteiger partial charge in [0.25, 0.3) is 0 Å². The maximum atomic E-state index is 4.40. The number of rotatable bonds is 5. The summed E-state index contributed by atoms with van der Waals surface area (Å²) in [5.74, 6) is 1.07. The standard InChI is InChI=1S/C14H21N5/c1-5-15-13(9-14-16-6-7-19(14)4)12-8-10(2)17-18-11(12)3/h6-8,13,15H,5,9H2,1-4H3. The fourth-order valence-corrected chi connectivity index (χ4v) is 2.24. The minimum Gasteiger partial charge on any atom is -0.338 e. The molecule has 102 valence electrons. The van der Waals surface area contributed by atoms with Crippen molar-refractivity contribution in [2.24, 2.45) is 7.05 Å². The molecular weight excluding hydrogens is 238 g/mol. The van der Waals surface area contributed by atoms with E-state index in [9.17, 15) is 0 Å². The minimum atomic E-state index is 0.223. The van der Waals surface area contributed by atoms with Crippen LogP contribution >= 0.6 is 0 Å². The van der Waals surface area contributed by atoms with Gasteiger partial charge >= 0.3 is 0 Å². The maximum absolute atomic E-state index is 4.40. The number of nitrogens with zero attached hydrogens (tertiary/aromatic N) is 4. The number of aryl methyl sites for hydroxylation is 3. The van der Waals surface area contributed by atoms with E-state index < -0.39 is 0 Å². The van der Waals surface area contributed by atoms with Gasteiger partial charge in [-0.25, -0.2) is 4.98 Å². The number of hydrogen-bond acceptors (Lipinski definition) is 4. The van der Waals surface area contributed by atoms with Crippen LogP contribution in [0.4, 0.5) is 0 Å². The molecule has 2 rings (SSSR count). The van der Waals surface area contributed by atoms with Crippen LogP contribution in [-0.2, 0) is 13.5 Å². The molecule has 0 fully saturated rings. The summed E-state index contributed by atoms with van der Waals surface area (Å²) in [6, 6.07) is 2.33. The van der Waals surface area contributed by atoms with Crippen molar-refractivity contribution in [1.82, 2.24) is 25.1 Å². The van der Waals surface area contributed by atoms with Crippen LogP contribution in [0, 0.1) is 13.8 Å². The molecule has 2 aromatic rings. The lowest BCUT2D eigenvalue weighted by Crippen LogP contribution is -2.25. The van der Waals surface area contributed by atoms with Gasteiger partial charge in [-0.1, -0.05) is 6.92 Å². The molecule has 0 radical (unpaired) electrons. The molecule has 0 saturated carbocycles. The fourth-order valence-electron chi connectivity index (χ4n) is 2.24. The summed E-state index contributed by atoms with van der Waals surface area (Å²) in [5, 5.41) is 11.8. The first-order chi connectivity index (χ1) is 9.11. The van der Waals surface area contributed by atoms with Crippen LogP contribution in [0.3, 0.4) is 0 Å². The van der Waals surface area contributed by atoms with Gasteiger partial charge in [0.1, 0.15) is 5.82 Å². The van der Waals surface area contributed by atoms with Crippen molar-refractivity contribution in [3.63, 3.8) is 0 Å². The highest BCUT2D eigenvalue weighted by Gasteiger charge is 2.17. The van der Waals surface area contributed by atoms with Crippen LogP contribution < -0.4 is 5.32 Å². The van der Waals surface area contributed by atoms with Crippen LogP contribution in [0.25, 0.3) is 0 Å². The number of hydrogen-bond donors (Lipinski definition) is 1. The Morgan fingerprint density at radius 1 is 1.32 bits per heavy atom. The molecule has 2 heterocycles. The average Bonchev–Trinajstić information content (AvgIpc) is 2.78. The second kappa shape index (κ2) is 5.93.